The van der Waals surface area contributed by atoms with Crippen LogP contribution in [0.4, 0.5) is 0 Å². The highest BCUT2D eigenvalue weighted by molar-refractivity contribution is 7.91. The molecule has 1 fully saturated rings. The van der Waals surface area contributed by atoms with Gasteiger partial charge in [-0.15, -0.1) is 0 Å². The lowest BCUT2D eigenvalue weighted by Gasteiger charge is -2.25. The van der Waals surface area contributed by atoms with Gasteiger partial charge in [0.15, 0.2) is 15.6 Å². The number of methoxy groups -OCH3 is 1. The maximum Gasteiger partial charge on any atom is 0.161 e. The van der Waals surface area contributed by atoms with Crippen molar-refractivity contribution in [2.24, 2.45) is 11.8 Å². The molecular formula is C12H22N4O3S. The van der Waals surface area contributed by atoms with E-state index in [0.717, 1.165) is 5.69 Å². The molecule has 2 rings (SSSR count). The summed E-state index contributed by atoms with van der Waals surface area (Å²) in [5.41, 5.74) is 3.56. The molecule has 0 bridgehead atoms. The lowest BCUT2D eigenvalue weighted by Crippen LogP contribution is -2.36. The third kappa shape index (κ3) is 2.82. The number of aromatic nitrogens is 2. The van der Waals surface area contributed by atoms with Crippen molar-refractivity contribution in [1.82, 2.24) is 15.2 Å². The van der Waals surface area contributed by atoms with Gasteiger partial charge < -0.3 is 4.74 Å². The summed E-state index contributed by atoms with van der Waals surface area (Å²) in [5, 5.41) is 4.31. The van der Waals surface area contributed by atoms with E-state index in [1.807, 2.05) is 18.5 Å². The lowest BCUT2D eigenvalue weighted by molar-refractivity contribution is 0.337. The van der Waals surface area contributed by atoms with E-state index in [4.69, 9.17) is 10.6 Å². The molecule has 20 heavy (non-hydrogen) atoms. The quantitative estimate of drug-likeness (QED) is 0.604. The van der Waals surface area contributed by atoms with E-state index < -0.39 is 9.84 Å². The van der Waals surface area contributed by atoms with Gasteiger partial charge in [0.2, 0.25) is 0 Å². The van der Waals surface area contributed by atoms with Gasteiger partial charge in [-0.1, -0.05) is 0 Å². The zero-order chi connectivity index (χ0) is 14.9. The molecule has 114 valence electrons. The topological polar surface area (TPSA) is 99.2 Å². The Morgan fingerprint density at radius 1 is 1.55 bits per heavy atom. The van der Waals surface area contributed by atoms with Crippen molar-refractivity contribution >= 4 is 9.84 Å². The summed E-state index contributed by atoms with van der Waals surface area (Å²) in [6, 6.07) is -0.144. The SMILES string of the molecule is COc1cnn(C(C)C)c1C(NN)C1CCS(=O)(=O)C1. The number of sulfone groups is 1. The number of nitrogens with zero attached hydrogens (tertiary/aromatic N) is 2. The predicted molar refractivity (Wildman–Crippen MR) is 76.0 cm³/mol. The lowest BCUT2D eigenvalue weighted by atomic mass is 9.96. The van der Waals surface area contributed by atoms with Crippen molar-refractivity contribution in [3.05, 3.63) is 11.9 Å². The molecule has 1 aliphatic heterocycles. The Hall–Kier alpha value is -1.12. The van der Waals surface area contributed by atoms with Crippen molar-refractivity contribution in [2.75, 3.05) is 18.6 Å². The van der Waals surface area contributed by atoms with Crippen LogP contribution in [0.3, 0.4) is 0 Å². The van der Waals surface area contributed by atoms with E-state index in [9.17, 15) is 8.42 Å². The molecule has 0 aliphatic carbocycles. The van der Waals surface area contributed by atoms with Gasteiger partial charge in [-0.2, -0.15) is 5.10 Å². The van der Waals surface area contributed by atoms with Gasteiger partial charge in [-0.05, 0) is 26.2 Å². The first-order valence-electron chi connectivity index (χ1n) is 6.67. The van der Waals surface area contributed by atoms with Crippen LogP contribution in [-0.4, -0.2) is 36.8 Å². The summed E-state index contributed by atoms with van der Waals surface area (Å²) in [5.74, 6) is 6.62. The first-order valence-corrected chi connectivity index (χ1v) is 8.49. The molecule has 0 amide bonds. The Kier molecular flexibility index (Phi) is 4.36. The van der Waals surface area contributed by atoms with Crippen molar-refractivity contribution in [1.29, 1.82) is 0 Å². The molecule has 0 aromatic carbocycles. The van der Waals surface area contributed by atoms with Crippen LogP contribution >= 0.6 is 0 Å². The number of hydrazine groups is 1. The molecule has 1 aliphatic rings. The molecule has 1 saturated heterocycles. The molecule has 1 aromatic heterocycles. The molecule has 1 aromatic rings. The Morgan fingerprint density at radius 3 is 2.70 bits per heavy atom. The summed E-state index contributed by atoms with van der Waals surface area (Å²) in [6.07, 6.45) is 2.24. The molecule has 2 unspecified atom stereocenters. The zero-order valence-electron chi connectivity index (χ0n) is 12.0. The summed E-state index contributed by atoms with van der Waals surface area (Å²) in [6.45, 7) is 4.02. The number of nitrogens with one attached hydrogen (secondary N) is 1. The number of ether oxygens (including phenoxy) is 1. The largest absolute Gasteiger partial charge is 0.493 e. The first kappa shape index (κ1) is 15.3. The number of nitrogens with two attached hydrogens (primary N) is 1. The summed E-state index contributed by atoms with van der Waals surface area (Å²) in [7, 11) is -1.39. The molecular weight excluding hydrogens is 280 g/mol. The minimum absolute atomic E-state index is 0.0619. The van der Waals surface area contributed by atoms with E-state index in [0.29, 0.717) is 12.2 Å². The van der Waals surface area contributed by atoms with Crippen LogP contribution in [0, 0.1) is 5.92 Å². The summed E-state index contributed by atoms with van der Waals surface area (Å²) < 4.78 is 30.5. The van der Waals surface area contributed by atoms with E-state index in [-0.39, 0.29) is 29.5 Å². The molecule has 0 radical (unpaired) electrons. The van der Waals surface area contributed by atoms with Gasteiger partial charge in [0.25, 0.3) is 0 Å². The number of rotatable bonds is 5. The number of hydrogen-bond acceptors (Lipinski definition) is 6. The molecule has 0 saturated carbocycles. The maximum absolute atomic E-state index is 11.7. The van der Waals surface area contributed by atoms with E-state index in [1.165, 1.54) is 0 Å². The van der Waals surface area contributed by atoms with Crippen LogP contribution in [0.5, 0.6) is 5.75 Å². The van der Waals surface area contributed by atoms with Gasteiger partial charge in [-0.3, -0.25) is 16.0 Å². The Labute approximate surface area is 119 Å². The van der Waals surface area contributed by atoms with Crippen LogP contribution in [-0.2, 0) is 9.84 Å². The van der Waals surface area contributed by atoms with Gasteiger partial charge in [0.05, 0.1) is 36.5 Å². The molecule has 3 N–H and O–H groups in total. The number of hydrogen-bond donors (Lipinski definition) is 2. The van der Waals surface area contributed by atoms with Gasteiger partial charge >= 0.3 is 0 Å². The Balaban J connectivity index is 2.39. The van der Waals surface area contributed by atoms with Gasteiger partial charge in [0, 0.05) is 6.04 Å². The zero-order valence-corrected chi connectivity index (χ0v) is 12.9. The minimum atomic E-state index is -2.96. The fraction of sp³-hybridized carbons (Fsp3) is 0.750. The smallest absolute Gasteiger partial charge is 0.161 e. The first-order chi connectivity index (χ1) is 9.39. The van der Waals surface area contributed by atoms with Crippen LogP contribution in [0.2, 0.25) is 0 Å². The fourth-order valence-corrected chi connectivity index (χ4v) is 4.59. The molecule has 0 spiro atoms. The van der Waals surface area contributed by atoms with Crippen molar-refractivity contribution in [2.45, 2.75) is 32.4 Å². The molecule has 8 heteroatoms. The Bertz CT molecular complexity index is 567. The Morgan fingerprint density at radius 2 is 2.25 bits per heavy atom. The molecule has 2 atom stereocenters. The summed E-state index contributed by atoms with van der Waals surface area (Å²) >= 11 is 0. The average molecular weight is 302 g/mol. The van der Waals surface area contributed by atoms with Gasteiger partial charge in [0.1, 0.15) is 0 Å². The fourth-order valence-electron chi connectivity index (χ4n) is 2.75. The monoisotopic (exact) mass is 302 g/mol. The highest BCUT2D eigenvalue weighted by Crippen LogP contribution is 2.36. The van der Waals surface area contributed by atoms with E-state index in [1.54, 1.807) is 13.3 Å². The van der Waals surface area contributed by atoms with Crippen molar-refractivity contribution < 1.29 is 13.2 Å². The van der Waals surface area contributed by atoms with E-state index in [2.05, 4.69) is 10.5 Å². The van der Waals surface area contributed by atoms with Crippen molar-refractivity contribution in [3.63, 3.8) is 0 Å². The standard InChI is InChI=1S/C12H22N4O3S/c1-8(2)16-12(10(19-3)6-14-16)11(15-13)9-4-5-20(17,18)7-9/h6,8-9,11,15H,4-5,7,13H2,1-3H3. The third-order valence-electron chi connectivity index (χ3n) is 3.72. The molecule has 7 nitrogen and oxygen atoms in total. The van der Waals surface area contributed by atoms with E-state index >= 15 is 0 Å². The summed E-state index contributed by atoms with van der Waals surface area (Å²) in [4.78, 5) is 0. The van der Waals surface area contributed by atoms with Crippen LogP contribution in [0.1, 0.15) is 38.0 Å². The second-order valence-electron chi connectivity index (χ2n) is 5.44. The van der Waals surface area contributed by atoms with Crippen molar-refractivity contribution in [3.8, 4) is 5.75 Å². The highest BCUT2D eigenvalue weighted by Gasteiger charge is 2.37. The van der Waals surface area contributed by atoms with Gasteiger partial charge in [-0.25, -0.2) is 8.42 Å². The minimum Gasteiger partial charge on any atom is -0.493 e. The second kappa shape index (κ2) is 5.71. The predicted octanol–water partition coefficient (Wildman–Crippen LogP) is 0.412. The average Bonchev–Trinajstić information content (AvgIpc) is 2.94. The highest BCUT2D eigenvalue weighted by atomic mass is 32.2. The third-order valence-corrected chi connectivity index (χ3v) is 5.51. The van der Waals surface area contributed by atoms with Crippen LogP contribution < -0.4 is 16.0 Å². The van der Waals surface area contributed by atoms with Crippen LogP contribution in [0.25, 0.3) is 0 Å². The molecule has 2 heterocycles. The second-order valence-corrected chi connectivity index (χ2v) is 7.67. The normalized spacial score (nSPS) is 23.1. The maximum atomic E-state index is 11.7. The van der Waals surface area contributed by atoms with Crippen LogP contribution in [0.15, 0.2) is 6.20 Å².